The standard InChI is InChI=1S/C22H24N2O5S2/c1-28-17-5-8-20-19(14-17)23-22(30-20)29-16-9-11-24(12-10-16)21(25)13-15-3-6-18(7-4-15)31(2,26)27/h3-8,14,16H,9-13H2,1-2H3. The van der Waals surface area contributed by atoms with Crippen molar-refractivity contribution in [2.75, 3.05) is 26.5 Å². The Bertz CT molecular complexity index is 1180. The van der Waals surface area contributed by atoms with Crippen molar-refractivity contribution in [3.8, 4) is 10.9 Å². The number of carbonyl (C=O) groups excluding carboxylic acids is 1. The Morgan fingerprint density at radius 2 is 1.87 bits per heavy atom. The third kappa shape index (κ3) is 5.16. The molecular formula is C22H24N2O5S2. The molecular weight excluding hydrogens is 436 g/mol. The molecule has 0 aliphatic carbocycles. The Hall–Kier alpha value is -2.65. The molecule has 0 spiro atoms. The fraction of sp³-hybridized carbons (Fsp3) is 0.364. The van der Waals surface area contributed by atoms with E-state index in [-0.39, 0.29) is 23.3 Å². The number of hydrogen-bond acceptors (Lipinski definition) is 7. The van der Waals surface area contributed by atoms with Crippen LogP contribution in [-0.4, -0.2) is 56.8 Å². The number of amides is 1. The van der Waals surface area contributed by atoms with Crippen molar-refractivity contribution >= 4 is 37.3 Å². The quantitative estimate of drug-likeness (QED) is 0.561. The van der Waals surface area contributed by atoms with Crippen molar-refractivity contribution in [1.29, 1.82) is 0 Å². The number of likely N-dealkylation sites (tertiary alicyclic amines) is 1. The minimum atomic E-state index is -3.23. The van der Waals surface area contributed by atoms with Crippen LogP contribution in [0.2, 0.25) is 0 Å². The third-order valence-electron chi connectivity index (χ3n) is 5.34. The summed E-state index contributed by atoms with van der Waals surface area (Å²) in [7, 11) is -1.60. The van der Waals surface area contributed by atoms with E-state index in [1.54, 1.807) is 31.4 Å². The average Bonchev–Trinajstić information content (AvgIpc) is 3.15. The van der Waals surface area contributed by atoms with E-state index in [2.05, 4.69) is 4.98 Å². The van der Waals surface area contributed by atoms with Crippen molar-refractivity contribution in [1.82, 2.24) is 9.88 Å². The van der Waals surface area contributed by atoms with Crippen LogP contribution in [0.3, 0.4) is 0 Å². The van der Waals surface area contributed by atoms with Crippen LogP contribution in [-0.2, 0) is 21.1 Å². The highest BCUT2D eigenvalue weighted by molar-refractivity contribution is 7.90. The second-order valence-corrected chi connectivity index (χ2v) is 10.6. The number of thiazole rings is 1. The van der Waals surface area contributed by atoms with Gasteiger partial charge in [0.15, 0.2) is 9.84 Å². The number of piperidine rings is 1. The lowest BCUT2D eigenvalue weighted by molar-refractivity contribution is -0.132. The first-order valence-electron chi connectivity index (χ1n) is 10.00. The molecule has 0 bridgehead atoms. The summed E-state index contributed by atoms with van der Waals surface area (Å²) in [5.41, 5.74) is 1.66. The second-order valence-electron chi connectivity index (χ2n) is 7.60. The van der Waals surface area contributed by atoms with Crippen LogP contribution in [0, 0.1) is 0 Å². The zero-order chi connectivity index (χ0) is 22.0. The Labute approximate surface area is 185 Å². The number of aromatic nitrogens is 1. The van der Waals surface area contributed by atoms with Gasteiger partial charge in [-0.25, -0.2) is 13.4 Å². The van der Waals surface area contributed by atoms with Gasteiger partial charge in [0.2, 0.25) is 5.91 Å². The van der Waals surface area contributed by atoms with E-state index >= 15 is 0 Å². The molecule has 0 saturated carbocycles. The number of methoxy groups -OCH3 is 1. The van der Waals surface area contributed by atoms with Crippen LogP contribution in [0.15, 0.2) is 47.4 Å². The van der Waals surface area contributed by atoms with Crippen molar-refractivity contribution in [2.45, 2.75) is 30.3 Å². The highest BCUT2D eigenvalue weighted by Gasteiger charge is 2.25. The van der Waals surface area contributed by atoms with Crippen molar-refractivity contribution in [3.63, 3.8) is 0 Å². The fourth-order valence-electron chi connectivity index (χ4n) is 3.57. The summed E-state index contributed by atoms with van der Waals surface area (Å²) in [5, 5.41) is 0.638. The van der Waals surface area contributed by atoms with Crippen LogP contribution >= 0.6 is 11.3 Å². The predicted octanol–water partition coefficient (Wildman–Crippen LogP) is 3.32. The van der Waals surface area contributed by atoms with Gasteiger partial charge in [0.1, 0.15) is 11.9 Å². The number of carbonyl (C=O) groups is 1. The Morgan fingerprint density at radius 1 is 1.16 bits per heavy atom. The predicted molar refractivity (Wildman–Crippen MR) is 120 cm³/mol. The maximum atomic E-state index is 12.6. The molecule has 1 aromatic heterocycles. The summed E-state index contributed by atoms with van der Waals surface area (Å²) in [6, 6.07) is 12.3. The number of fused-ring (bicyclic) bond motifs is 1. The lowest BCUT2D eigenvalue weighted by Gasteiger charge is -2.31. The van der Waals surface area contributed by atoms with Gasteiger partial charge in [-0.1, -0.05) is 23.5 Å². The minimum Gasteiger partial charge on any atom is -0.497 e. The average molecular weight is 461 g/mol. The number of nitrogens with zero attached hydrogens (tertiary/aromatic N) is 2. The monoisotopic (exact) mass is 460 g/mol. The van der Waals surface area contributed by atoms with Crippen LogP contribution in [0.25, 0.3) is 10.2 Å². The van der Waals surface area contributed by atoms with Gasteiger partial charge in [-0.3, -0.25) is 4.79 Å². The van der Waals surface area contributed by atoms with E-state index in [4.69, 9.17) is 9.47 Å². The van der Waals surface area contributed by atoms with Crippen LogP contribution < -0.4 is 9.47 Å². The molecule has 1 aliphatic heterocycles. The normalized spacial score (nSPS) is 15.2. The summed E-state index contributed by atoms with van der Waals surface area (Å²) < 4.78 is 35.5. The van der Waals surface area contributed by atoms with Gasteiger partial charge in [-0.2, -0.15) is 0 Å². The van der Waals surface area contributed by atoms with Crippen molar-refractivity contribution in [3.05, 3.63) is 48.0 Å². The minimum absolute atomic E-state index is 0.0283. The number of benzene rings is 2. The zero-order valence-corrected chi connectivity index (χ0v) is 19.0. The van der Waals surface area contributed by atoms with E-state index in [0.717, 1.165) is 34.4 Å². The van der Waals surface area contributed by atoms with Gasteiger partial charge in [0.05, 0.1) is 28.6 Å². The molecule has 31 heavy (non-hydrogen) atoms. The molecule has 9 heteroatoms. The van der Waals surface area contributed by atoms with Crippen molar-refractivity contribution < 1.29 is 22.7 Å². The molecule has 1 aliphatic rings. The van der Waals surface area contributed by atoms with Gasteiger partial charge in [-0.05, 0) is 29.8 Å². The Morgan fingerprint density at radius 3 is 2.52 bits per heavy atom. The molecule has 0 unspecified atom stereocenters. The lowest BCUT2D eigenvalue weighted by atomic mass is 10.1. The molecule has 0 N–H and O–H groups in total. The fourth-order valence-corrected chi connectivity index (χ4v) is 5.06. The Balaban J connectivity index is 1.30. The van der Waals surface area contributed by atoms with Gasteiger partial charge in [-0.15, -0.1) is 0 Å². The molecule has 3 aromatic rings. The topological polar surface area (TPSA) is 85.8 Å². The first kappa shape index (κ1) is 21.6. The highest BCUT2D eigenvalue weighted by Crippen LogP contribution is 2.32. The lowest BCUT2D eigenvalue weighted by Crippen LogP contribution is -2.42. The van der Waals surface area contributed by atoms with E-state index < -0.39 is 9.84 Å². The number of ether oxygens (including phenoxy) is 2. The van der Waals surface area contributed by atoms with Crippen LogP contribution in [0.1, 0.15) is 18.4 Å². The molecule has 164 valence electrons. The van der Waals surface area contributed by atoms with Gasteiger partial charge in [0.25, 0.3) is 5.19 Å². The van der Waals surface area contributed by atoms with Gasteiger partial charge >= 0.3 is 0 Å². The number of rotatable bonds is 6. The Kier molecular flexibility index (Phi) is 6.15. The largest absolute Gasteiger partial charge is 0.497 e. The highest BCUT2D eigenvalue weighted by atomic mass is 32.2. The van der Waals surface area contributed by atoms with Crippen LogP contribution in [0.5, 0.6) is 10.9 Å². The van der Waals surface area contributed by atoms with Gasteiger partial charge in [0, 0.05) is 38.3 Å². The molecule has 4 rings (SSSR count). The summed E-state index contributed by atoms with van der Waals surface area (Å²) in [4.78, 5) is 19.3. The zero-order valence-electron chi connectivity index (χ0n) is 17.4. The summed E-state index contributed by atoms with van der Waals surface area (Å²) >= 11 is 1.51. The third-order valence-corrected chi connectivity index (χ3v) is 7.40. The van der Waals surface area contributed by atoms with Gasteiger partial charge < -0.3 is 14.4 Å². The molecule has 7 nitrogen and oxygen atoms in total. The number of hydrogen-bond donors (Lipinski definition) is 0. The van der Waals surface area contributed by atoms with Crippen molar-refractivity contribution in [2.24, 2.45) is 0 Å². The molecule has 1 fully saturated rings. The molecule has 2 heterocycles. The van der Waals surface area contributed by atoms with E-state index in [1.807, 2.05) is 23.1 Å². The van der Waals surface area contributed by atoms with E-state index in [0.29, 0.717) is 18.3 Å². The maximum absolute atomic E-state index is 12.6. The first-order chi connectivity index (χ1) is 14.8. The van der Waals surface area contributed by atoms with Crippen LogP contribution in [0.4, 0.5) is 0 Å². The SMILES string of the molecule is COc1ccc2sc(OC3CCN(C(=O)Cc4ccc(S(C)(=O)=O)cc4)CC3)nc2c1. The summed E-state index contributed by atoms with van der Waals surface area (Å²) in [5.74, 6) is 0.805. The smallest absolute Gasteiger partial charge is 0.274 e. The second kappa shape index (κ2) is 8.84. The number of sulfone groups is 1. The molecule has 1 amide bonds. The summed E-state index contributed by atoms with van der Waals surface area (Å²) in [6.45, 7) is 1.26. The molecule has 0 radical (unpaired) electrons. The van der Waals surface area contributed by atoms with E-state index in [1.165, 1.54) is 17.6 Å². The molecule has 1 saturated heterocycles. The molecule has 2 aromatic carbocycles. The first-order valence-corrected chi connectivity index (χ1v) is 12.7. The van der Waals surface area contributed by atoms with E-state index in [9.17, 15) is 13.2 Å². The maximum Gasteiger partial charge on any atom is 0.274 e. The molecule has 0 atom stereocenters. The summed E-state index contributed by atoms with van der Waals surface area (Å²) in [6.07, 6.45) is 2.95.